The number of fused-ring (bicyclic) bond motifs is 1. The molecule has 0 radical (unpaired) electrons. The number of carbonyl (C=O) groups is 1. The lowest BCUT2D eigenvalue weighted by Gasteiger charge is -2.26. The third-order valence-corrected chi connectivity index (χ3v) is 7.95. The van der Waals surface area contributed by atoms with E-state index < -0.39 is 9.84 Å². The zero-order chi connectivity index (χ0) is 19.9. The highest BCUT2D eigenvalue weighted by molar-refractivity contribution is 7.91. The van der Waals surface area contributed by atoms with Gasteiger partial charge in [0.05, 0.1) is 16.4 Å². The van der Waals surface area contributed by atoms with Gasteiger partial charge in [0.2, 0.25) is 0 Å². The van der Waals surface area contributed by atoms with Crippen molar-refractivity contribution in [3.05, 3.63) is 53.9 Å². The topological polar surface area (TPSA) is 72.3 Å². The van der Waals surface area contributed by atoms with Crippen molar-refractivity contribution < 1.29 is 13.2 Å². The predicted octanol–water partition coefficient (Wildman–Crippen LogP) is 3.12. The van der Waals surface area contributed by atoms with Crippen molar-refractivity contribution >= 4 is 37.3 Å². The summed E-state index contributed by atoms with van der Waals surface area (Å²) in [4.78, 5) is 16.4. The molecule has 1 atom stereocenters. The fraction of sp³-hybridized carbons (Fsp3) is 0.300. The first kappa shape index (κ1) is 18.9. The molecule has 6 nitrogen and oxygen atoms in total. The monoisotopic (exact) mass is 415 g/mol. The van der Waals surface area contributed by atoms with E-state index in [0.717, 1.165) is 21.5 Å². The Morgan fingerprint density at radius 2 is 2.14 bits per heavy atom. The minimum Gasteiger partial charge on any atom is -0.330 e. The van der Waals surface area contributed by atoms with E-state index in [1.54, 1.807) is 15.7 Å². The van der Waals surface area contributed by atoms with Gasteiger partial charge in [0.15, 0.2) is 9.84 Å². The Balaban J connectivity index is 1.72. The molecular weight excluding hydrogens is 394 g/mol. The smallest absolute Gasteiger partial charge is 0.264 e. The summed E-state index contributed by atoms with van der Waals surface area (Å²) in [7, 11) is -1.21. The second kappa shape index (κ2) is 7.18. The summed E-state index contributed by atoms with van der Waals surface area (Å²) in [5.74, 6) is 0.00341. The molecule has 1 aliphatic heterocycles. The molecule has 3 aromatic rings. The van der Waals surface area contributed by atoms with E-state index in [0.29, 0.717) is 17.8 Å². The molecule has 0 aliphatic carbocycles. The molecule has 2 aromatic heterocycles. The van der Waals surface area contributed by atoms with Gasteiger partial charge in [0.1, 0.15) is 10.5 Å². The second-order valence-corrected chi connectivity index (χ2v) is 10.2. The molecule has 1 aliphatic rings. The van der Waals surface area contributed by atoms with E-state index in [2.05, 4.69) is 11.7 Å². The van der Waals surface area contributed by atoms with Crippen LogP contribution >= 0.6 is 11.3 Å². The number of aryl methyl sites for hydroxylation is 1. The van der Waals surface area contributed by atoms with E-state index in [4.69, 9.17) is 0 Å². The molecule has 28 heavy (non-hydrogen) atoms. The molecule has 1 saturated heterocycles. The highest BCUT2D eigenvalue weighted by atomic mass is 32.2. The number of thiophene rings is 1. The van der Waals surface area contributed by atoms with Gasteiger partial charge in [-0.1, -0.05) is 36.4 Å². The lowest BCUT2D eigenvalue weighted by Crippen LogP contribution is -2.40. The fourth-order valence-corrected chi connectivity index (χ4v) is 6.41. The molecule has 0 bridgehead atoms. The van der Waals surface area contributed by atoms with E-state index in [1.807, 2.05) is 43.4 Å². The summed E-state index contributed by atoms with van der Waals surface area (Å²) in [6, 6.07) is 11.4. The molecule has 1 unspecified atom stereocenters. The largest absolute Gasteiger partial charge is 0.330 e. The van der Waals surface area contributed by atoms with E-state index >= 15 is 0 Å². The lowest BCUT2D eigenvalue weighted by molar-refractivity contribution is 0.0725. The highest BCUT2D eigenvalue weighted by Crippen LogP contribution is 2.34. The predicted molar refractivity (Wildman–Crippen MR) is 112 cm³/mol. The third-order valence-electron chi connectivity index (χ3n) is 5.01. The number of rotatable bonds is 5. The van der Waals surface area contributed by atoms with Gasteiger partial charge in [-0.05, 0) is 12.5 Å². The van der Waals surface area contributed by atoms with E-state index in [-0.39, 0.29) is 23.5 Å². The van der Waals surface area contributed by atoms with Gasteiger partial charge in [-0.2, -0.15) is 5.10 Å². The quantitative estimate of drug-likeness (QED) is 0.600. The molecule has 0 N–H and O–H groups in total. The summed E-state index contributed by atoms with van der Waals surface area (Å²) in [6.45, 7) is 4.06. The number of amides is 1. The molecule has 4 rings (SSSR count). The number of hydrogen-bond acceptors (Lipinski definition) is 5. The van der Waals surface area contributed by atoms with Crippen LogP contribution in [-0.2, 0) is 16.9 Å². The van der Waals surface area contributed by atoms with Crippen LogP contribution in [0.4, 0.5) is 0 Å². The number of hydrogen-bond donors (Lipinski definition) is 0. The maximum absolute atomic E-state index is 13.2. The van der Waals surface area contributed by atoms with Gasteiger partial charge in [-0.3, -0.25) is 9.48 Å². The molecule has 0 saturated carbocycles. The van der Waals surface area contributed by atoms with Crippen molar-refractivity contribution in [2.45, 2.75) is 12.5 Å². The van der Waals surface area contributed by atoms with Gasteiger partial charge >= 0.3 is 0 Å². The Labute approximate surface area is 168 Å². The Morgan fingerprint density at radius 3 is 2.79 bits per heavy atom. The van der Waals surface area contributed by atoms with Crippen molar-refractivity contribution in [1.82, 2.24) is 14.7 Å². The molecule has 1 fully saturated rings. The van der Waals surface area contributed by atoms with Crippen molar-refractivity contribution in [3.8, 4) is 11.3 Å². The summed E-state index contributed by atoms with van der Waals surface area (Å²) in [6.07, 6.45) is 2.12. The molecule has 3 heterocycles. The Morgan fingerprint density at radius 1 is 1.39 bits per heavy atom. The van der Waals surface area contributed by atoms with Crippen LogP contribution in [0.15, 0.2) is 49.1 Å². The van der Waals surface area contributed by atoms with Crippen molar-refractivity contribution in [3.63, 3.8) is 0 Å². The van der Waals surface area contributed by atoms with Crippen LogP contribution in [0, 0.1) is 0 Å². The minimum absolute atomic E-state index is 0.0221. The summed E-state index contributed by atoms with van der Waals surface area (Å²) < 4.78 is 25.6. The standard InChI is InChI=1S/C20H21N3O3S2/c1-3-10-23(15-9-11-28(25,26)13-15)19(24)17-12-16-18(14-7-5-4-6-8-14)21-22(2)20(16)27-17/h3-8,12,15H,1,9-11,13H2,2H3. The zero-order valence-corrected chi connectivity index (χ0v) is 17.2. The molecule has 8 heteroatoms. The number of benzene rings is 1. The third kappa shape index (κ3) is 3.38. The fourth-order valence-electron chi connectivity index (χ4n) is 3.66. The van der Waals surface area contributed by atoms with Crippen LogP contribution in [0.3, 0.4) is 0 Å². The first-order valence-corrected chi connectivity index (χ1v) is 11.7. The van der Waals surface area contributed by atoms with Crippen LogP contribution in [0.5, 0.6) is 0 Å². The number of carbonyl (C=O) groups excluding carboxylic acids is 1. The van der Waals surface area contributed by atoms with Crippen molar-refractivity contribution in [1.29, 1.82) is 0 Å². The van der Waals surface area contributed by atoms with Gasteiger partial charge in [0, 0.05) is 30.6 Å². The van der Waals surface area contributed by atoms with Gasteiger partial charge in [-0.15, -0.1) is 17.9 Å². The zero-order valence-electron chi connectivity index (χ0n) is 15.5. The number of aromatic nitrogens is 2. The average Bonchev–Trinajstić information content (AvgIpc) is 3.35. The maximum Gasteiger partial charge on any atom is 0.264 e. The van der Waals surface area contributed by atoms with Gasteiger partial charge < -0.3 is 4.90 Å². The van der Waals surface area contributed by atoms with Crippen molar-refractivity contribution in [2.24, 2.45) is 7.05 Å². The van der Waals surface area contributed by atoms with Gasteiger partial charge in [0.25, 0.3) is 5.91 Å². The Kier molecular flexibility index (Phi) is 4.84. The second-order valence-electron chi connectivity index (χ2n) is 6.97. The summed E-state index contributed by atoms with van der Waals surface area (Å²) >= 11 is 1.39. The summed E-state index contributed by atoms with van der Waals surface area (Å²) in [5.41, 5.74) is 1.84. The molecule has 1 amide bonds. The van der Waals surface area contributed by atoms with Crippen molar-refractivity contribution in [2.75, 3.05) is 18.1 Å². The Hall–Kier alpha value is -2.45. The van der Waals surface area contributed by atoms with E-state index in [1.165, 1.54) is 11.3 Å². The SMILES string of the molecule is C=CCN(C(=O)c1cc2c(-c3ccccc3)nn(C)c2s1)C1CCS(=O)(=O)C1. The first-order valence-electron chi connectivity index (χ1n) is 9.04. The van der Waals surface area contributed by atoms with Crippen LogP contribution in [0.2, 0.25) is 0 Å². The Bertz CT molecular complexity index is 1150. The first-order chi connectivity index (χ1) is 13.4. The van der Waals surface area contributed by atoms with Crippen LogP contribution in [-0.4, -0.2) is 53.1 Å². The molecule has 146 valence electrons. The normalized spacial score (nSPS) is 18.4. The maximum atomic E-state index is 13.2. The van der Waals surface area contributed by atoms with E-state index in [9.17, 15) is 13.2 Å². The van der Waals surface area contributed by atoms with Crippen LogP contribution in [0.1, 0.15) is 16.1 Å². The number of sulfone groups is 1. The van der Waals surface area contributed by atoms with Crippen LogP contribution in [0.25, 0.3) is 21.5 Å². The molecule has 0 spiro atoms. The van der Waals surface area contributed by atoms with Gasteiger partial charge in [-0.25, -0.2) is 8.42 Å². The average molecular weight is 416 g/mol. The summed E-state index contributed by atoms with van der Waals surface area (Å²) in [5, 5.41) is 5.54. The molecular formula is C20H21N3O3S2. The minimum atomic E-state index is -3.08. The van der Waals surface area contributed by atoms with Crippen LogP contribution < -0.4 is 0 Å². The highest BCUT2D eigenvalue weighted by Gasteiger charge is 2.35. The number of nitrogens with zero attached hydrogens (tertiary/aromatic N) is 3. The lowest BCUT2D eigenvalue weighted by atomic mass is 10.1. The molecule has 1 aromatic carbocycles.